The van der Waals surface area contributed by atoms with Crippen molar-refractivity contribution in [3.05, 3.63) is 77.4 Å². The van der Waals surface area contributed by atoms with E-state index < -0.39 is 16.7 Å². The van der Waals surface area contributed by atoms with E-state index in [-0.39, 0.29) is 18.4 Å². The van der Waals surface area contributed by atoms with E-state index in [2.05, 4.69) is 11.9 Å². The third-order valence-corrected chi connectivity index (χ3v) is 8.63. The summed E-state index contributed by atoms with van der Waals surface area (Å²) in [5.41, 5.74) is 3.83. The molecule has 0 bridgehead atoms. The maximum absolute atomic E-state index is 11.7. The number of fused-ring (bicyclic) bond motifs is 1. The van der Waals surface area contributed by atoms with Crippen molar-refractivity contribution in [2.45, 2.75) is 70.0 Å². The molecule has 0 fully saturated rings. The first-order valence-electron chi connectivity index (χ1n) is 12.3. The number of para-hydroxylation sites is 1. The van der Waals surface area contributed by atoms with E-state index in [1.54, 1.807) is 28.8 Å². The van der Waals surface area contributed by atoms with Gasteiger partial charge < -0.3 is 14.4 Å². The number of ether oxygens (including phenoxy) is 1. The molecule has 0 spiro atoms. The van der Waals surface area contributed by atoms with Crippen LogP contribution in [0.2, 0.25) is 0 Å². The molecule has 194 valence electrons. The highest BCUT2D eigenvalue weighted by Gasteiger charge is 2.34. The molecule has 8 nitrogen and oxygen atoms in total. The summed E-state index contributed by atoms with van der Waals surface area (Å²) in [7, 11) is -3.26. The Labute approximate surface area is 214 Å². The number of carboxylic acid groups (broad SMARTS) is 1. The number of hydrogen-bond donors (Lipinski definition) is 3. The lowest BCUT2D eigenvalue weighted by Crippen LogP contribution is -2.33. The van der Waals surface area contributed by atoms with Crippen molar-refractivity contribution >= 4 is 16.7 Å². The van der Waals surface area contributed by atoms with Crippen LogP contribution in [0.25, 0.3) is 0 Å². The smallest absolute Gasteiger partial charge is 0.303 e. The molecule has 36 heavy (non-hydrogen) atoms. The van der Waals surface area contributed by atoms with Crippen LogP contribution in [0.15, 0.2) is 59.9 Å². The van der Waals surface area contributed by atoms with Gasteiger partial charge in [-0.1, -0.05) is 30.3 Å². The van der Waals surface area contributed by atoms with Crippen molar-refractivity contribution in [2.75, 3.05) is 6.54 Å². The summed E-state index contributed by atoms with van der Waals surface area (Å²) in [5, 5.41) is 9.59. The van der Waals surface area contributed by atoms with Gasteiger partial charge in [-0.05, 0) is 68.4 Å². The highest BCUT2D eigenvalue weighted by Crippen LogP contribution is 2.57. The van der Waals surface area contributed by atoms with E-state index in [0.29, 0.717) is 36.6 Å². The van der Waals surface area contributed by atoms with Crippen LogP contribution >= 0.6 is 10.8 Å². The zero-order chi connectivity index (χ0) is 25.9. The summed E-state index contributed by atoms with van der Waals surface area (Å²) in [6.07, 6.45) is 4.94. The van der Waals surface area contributed by atoms with Gasteiger partial charge in [-0.25, -0.2) is 4.98 Å². The van der Waals surface area contributed by atoms with Crippen LogP contribution < -0.4 is 4.74 Å². The van der Waals surface area contributed by atoms with E-state index in [1.165, 1.54) is 0 Å². The number of aryl methyl sites for hydroxylation is 3. The van der Waals surface area contributed by atoms with E-state index in [4.69, 9.17) is 4.74 Å². The fourth-order valence-electron chi connectivity index (χ4n) is 4.65. The van der Waals surface area contributed by atoms with Gasteiger partial charge in [0.15, 0.2) is 0 Å². The van der Waals surface area contributed by atoms with E-state index in [0.717, 1.165) is 28.9 Å². The van der Waals surface area contributed by atoms with Crippen molar-refractivity contribution in [3.63, 3.8) is 0 Å². The molecular formula is C27H35N3O5S. The number of benzene rings is 2. The van der Waals surface area contributed by atoms with Crippen LogP contribution in [0.5, 0.6) is 5.75 Å². The Morgan fingerprint density at radius 1 is 1.25 bits per heavy atom. The average molecular weight is 514 g/mol. The molecule has 0 radical (unpaired) electrons. The summed E-state index contributed by atoms with van der Waals surface area (Å²) in [4.78, 5) is 16.5. The largest absolute Gasteiger partial charge is 0.487 e. The van der Waals surface area contributed by atoms with Crippen molar-refractivity contribution in [3.8, 4) is 5.75 Å². The SMILES string of the molecule is CCn1cnc(CCC(CC(=O)O)c2ccc(C)c(CN3C[C@@H](C)Oc4ccccc4S3(O)O)c2)c1. The van der Waals surface area contributed by atoms with Crippen LogP contribution in [-0.4, -0.2) is 46.7 Å². The van der Waals surface area contributed by atoms with Gasteiger partial charge in [0.2, 0.25) is 0 Å². The number of aromatic nitrogens is 2. The molecule has 3 aromatic rings. The predicted molar refractivity (Wildman–Crippen MR) is 140 cm³/mol. The first-order chi connectivity index (χ1) is 17.2. The molecule has 0 aliphatic carbocycles. The molecule has 2 atom stereocenters. The number of imidazole rings is 1. The zero-order valence-corrected chi connectivity index (χ0v) is 21.8. The van der Waals surface area contributed by atoms with Gasteiger partial charge in [0.1, 0.15) is 16.7 Å². The number of rotatable bonds is 9. The third-order valence-electron chi connectivity index (χ3n) is 6.71. The number of carbonyl (C=O) groups is 1. The van der Waals surface area contributed by atoms with Gasteiger partial charge in [-0.3, -0.25) is 13.9 Å². The Balaban J connectivity index is 1.59. The summed E-state index contributed by atoms with van der Waals surface area (Å²) in [5.74, 6) is -0.531. The molecular weight excluding hydrogens is 478 g/mol. The number of carboxylic acids is 1. The second-order valence-electron chi connectivity index (χ2n) is 9.43. The third kappa shape index (κ3) is 5.92. The monoisotopic (exact) mass is 513 g/mol. The number of hydrogen-bond acceptors (Lipinski definition) is 6. The first-order valence-corrected chi connectivity index (χ1v) is 13.8. The zero-order valence-electron chi connectivity index (χ0n) is 21.0. The van der Waals surface area contributed by atoms with Crippen LogP contribution in [-0.2, 0) is 24.3 Å². The molecule has 0 saturated heterocycles. The number of aliphatic carboxylic acids is 1. The van der Waals surface area contributed by atoms with E-state index in [9.17, 15) is 19.0 Å². The maximum Gasteiger partial charge on any atom is 0.303 e. The normalized spacial score (nSPS) is 19.1. The molecule has 3 N–H and O–H groups in total. The quantitative estimate of drug-likeness (QED) is 0.336. The standard InChI is InChI=1S/C27H35N3O5S/c1-4-29-17-24(28-18-29)12-11-22(14-27(31)32)21-10-9-19(2)23(13-21)16-30-15-20(3)35-25-7-5-6-8-26(25)36(30,33)34/h5-10,13,17-18,20,22,33-34H,4,11-12,14-16H2,1-3H3,(H,31,32)/t20-,22?/m1/s1. The molecule has 1 aliphatic rings. The van der Waals surface area contributed by atoms with Gasteiger partial charge in [0, 0.05) is 19.3 Å². The van der Waals surface area contributed by atoms with Crippen LogP contribution in [0, 0.1) is 6.92 Å². The second-order valence-corrected chi connectivity index (χ2v) is 11.4. The summed E-state index contributed by atoms with van der Waals surface area (Å²) < 4.78 is 32.2. The molecule has 9 heteroatoms. The van der Waals surface area contributed by atoms with Crippen LogP contribution in [0.4, 0.5) is 0 Å². The fraction of sp³-hybridized carbons (Fsp3) is 0.407. The molecule has 1 aromatic heterocycles. The van der Waals surface area contributed by atoms with E-state index >= 15 is 0 Å². The second kappa shape index (κ2) is 11.0. The summed E-state index contributed by atoms with van der Waals surface area (Å²) >= 11 is 0. The predicted octanol–water partition coefficient (Wildman–Crippen LogP) is 5.71. The summed E-state index contributed by atoms with van der Waals surface area (Å²) in [6.45, 7) is 7.45. The minimum Gasteiger partial charge on any atom is -0.487 e. The molecule has 0 saturated carbocycles. The Hall–Kier alpha value is -2.85. The van der Waals surface area contributed by atoms with Crippen molar-refractivity contribution in [1.29, 1.82) is 0 Å². The Bertz CT molecular complexity index is 1210. The van der Waals surface area contributed by atoms with Crippen molar-refractivity contribution < 1.29 is 23.7 Å². The molecule has 4 rings (SSSR count). The van der Waals surface area contributed by atoms with Gasteiger partial charge >= 0.3 is 5.97 Å². The molecule has 1 aliphatic heterocycles. The minimum atomic E-state index is -3.26. The summed E-state index contributed by atoms with van der Waals surface area (Å²) in [6, 6.07) is 13.0. The topological polar surface area (TPSA) is 108 Å². The Kier molecular flexibility index (Phi) is 8.04. The van der Waals surface area contributed by atoms with Crippen LogP contribution in [0.3, 0.4) is 0 Å². The molecule has 2 aromatic carbocycles. The lowest BCUT2D eigenvalue weighted by Gasteiger charge is -2.42. The highest BCUT2D eigenvalue weighted by atomic mass is 32.3. The van der Waals surface area contributed by atoms with Crippen molar-refractivity contribution in [1.82, 2.24) is 13.9 Å². The number of nitrogens with zero attached hydrogens (tertiary/aromatic N) is 3. The van der Waals surface area contributed by atoms with Gasteiger partial charge in [0.05, 0.1) is 25.0 Å². The van der Waals surface area contributed by atoms with Crippen LogP contribution in [0.1, 0.15) is 55.0 Å². The van der Waals surface area contributed by atoms with E-state index in [1.807, 2.05) is 48.9 Å². The minimum absolute atomic E-state index is 0.0220. The highest BCUT2D eigenvalue weighted by molar-refractivity contribution is 8.22. The fourth-order valence-corrected chi connectivity index (χ4v) is 6.31. The maximum atomic E-state index is 11.7. The van der Waals surface area contributed by atoms with Gasteiger partial charge in [0.25, 0.3) is 0 Å². The lowest BCUT2D eigenvalue weighted by molar-refractivity contribution is -0.137. The Morgan fingerprint density at radius 3 is 2.75 bits per heavy atom. The van der Waals surface area contributed by atoms with Gasteiger partial charge in [-0.15, -0.1) is 10.8 Å². The average Bonchev–Trinajstić information content (AvgIpc) is 3.27. The van der Waals surface area contributed by atoms with Crippen molar-refractivity contribution in [2.24, 2.45) is 0 Å². The van der Waals surface area contributed by atoms with Gasteiger partial charge in [-0.2, -0.15) is 4.31 Å². The molecule has 1 unspecified atom stereocenters. The molecule has 2 heterocycles. The molecule has 0 amide bonds. The Morgan fingerprint density at radius 2 is 2.03 bits per heavy atom. The lowest BCUT2D eigenvalue weighted by atomic mass is 9.88. The first kappa shape index (κ1) is 26.2.